The van der Waals surface area contributed by atoms with Crippen molar-refractivity contribution in [3.8, 4) is 56.5 Å². The fourth-order valence-corrected chi connectivity index (χ4v) is 9.74. The summed E-state index contributed by atoms with van der Waals surface area (Å²) in [6.07, 6.45) is 0. The van der Waals surface area contributed by atoms with E-state index < -0.39 is 0 Å². The highest BCUT2D eigenvalue weighted by Crippen LogP contribution is 2.50. The number of hydrogen-bond acceptors (Lipinski definition) is 5. The third-order valence-electron chi connectivity index (χ3n) is 11.1. The average molecular weight is 709 g/mol. The predicted molar refractivity (Wildman–Crippen MR) is 225 cm³/mol. The number of rotatable bonds is 4. The molecule has 0 radical (unpaired) electrons. The molecule has 254 valence electrons. The number of benzene rings is 7. The van der Waals surface area contributed by atoms with E-state index in [1.807, 2.05) is 18.2 Å². The SMILES string of the molecule is CC1(C)c2ccccc2-c2cc(-c3nc(-c4ccccc4)nc(-c4cccc5c4sc4ccc6c(-c7ccccc7)nc7ccccc7c6c45)n3)ccc21. The van der Waals surface area contributed by atoms with Crippen molar-refractivity contribution in [1.29, 1.82) is 0 Å². The molecule has 4 nitrogen and oxygen atoms in total. The zero-order chi connectivity index (χ0) is 36.0. The summed E-state index contributed by atoms with van der Waals surface area (Å²) in [4.78, 5) is 20.8. The molecule has 0 bridgehead atoms. The second-order valence-electron chi connectivity index (χ2n) is 14.6. The van der Waals surface area contributed by atoms with E-state index in [0.717, 1.165) is 48.9 Å². The third-order valence-corrected chi connectivity index (χ3v) is 12.3. The van der Waals surface area contributed by atoms with Crippen LogP contribution < -0.4 is 0 Å². The van der Waals surface area contributed by atoms with Crippen molar-refractivity contribution in [2.24, 2.45) is 0 Å². The average Bonchev–Trinajstić information content (AvgIpc) is 3.73. The predicted octanol–water partition coefficient (Wildman–Crippen LogP) is 12.9. The first-order chi connectivity index (χ1) is 26.5. The normalized spacial score (nSPS) is 13.1. The monoisotopic (exact) mass is 708 g/mol. The fourth-order valence-electron chi connectivity index (χ4n) is 8.52. The minimum Gasteiger partial charge on any atom is -0.247 e. The molecule has 0 saturated heterocycles. The Kier molecular flexibility index (Phi) is 6.73. The lowest BCUT2D eigenvalue weighted by Gasteiger charge is -2.21. The molecule has 0 amide bonds. The van der Waals surface area contributed by atoms with Gasteiger partial charge in [0.15, 0.2) is 17.5 Å². The van der Waals surface area contributed by atoms with E-state index in [-0.39, 0.29) is 5.41 Å². The van der Waals surface area contributed by atoms with Crippen molar-refractivity contribution in [1.82, 2.24) is 19.9 Å². The number of para-hydroxylation sites is 1. The molecule has 0 fully saturated rings. The molecule has 0 spiro atoms. The number of hydrogen-bond donors (Lipinski definition) is 0. The van der Waals surface area contributed by atoms with Gasteiger partial charge in [-0.2, -0.15) is 0 Å². The standard InChI is InChI=1S/C49H32N4S/c1-49(2)38-22-11-9-18-32(38)37-28-31(24-26-39(37)49)47-51-46(30-16-7-4-8-17-30)52-48(53-47)36-21-13-20-35-43-41(54-45(35)36)27-25-34-42(43)33-19-10-12-23-40(33)50-44(34)29-14-5-3-6-15-29/h3-28H,1-2H3. The largest absolute Gasteiger partial charge is 0.247 e. The van der Waals surface area contributed by atoms with Crippen LogP contribution >= 0.6 is 11.3 Å². The Morgan fingerprint density at radius 1 is 0.426 bits per heavy atom. The molecule has 3 heterocycles. The van der Waals surface area contributed by atoms with E-state index >= 15 is 0 Å². The molecular formula is C49H32N4S. The molecule has 0 unspecified atom stereocenters. The molecule has 1 aliphatic rings. The number of fused-ring (bicyclic) bond motifs is 10. The van der Waals surface area contributed by atoms with Gasteiger partial charge in [0.2, 0.25) is 0 Å². The first-order valence-corrected chi connectivity index (χ1v) is 19.1. The van der Waals surface area contributed by atoms with Gasteiger partial charge in [0, 0.05) is 64.0 Å². The Hall–Kier alpha value is -6.56. The van der Waals surface area contributed by atoms with Gasteiger partial charge in [0.25, 0.3) is 0 Å². The Balaban J connectivity index is 1.16. The Bertz CT molecular complexity index is 3130. The number of pyridine rings is 1. The summed E-state index contributed by atoms with van der Waals surface area (Å²) in [5.41, 5.74) is 11.1. The minimum atomic E-state index is -0.0752. The maximum Gasteiger partial charge on any atom is 0.165 e. The second-order valence-corrected chi connectivity index (χ2v) is 15.6. The van der Waals surface area contributed by atoms with Crippen LogP contribution in [0.2, 0.25) is 0 Å². The van der Waals surface area contributed by atoms with Gasteiger partial charge in [0.1, 0.15) is 0 Å². The lowest BCUT2D eigenvalue weighted by atomic mass is 9.82. The van der Waals surface area contributed by atoms with Crippen LogP contribution in [0.4, 0.5) is 0 Å². The van der Waals surface area contributed by atoms with Gasteiger partial charge < -0.3 is 0 Å². The summed E-state index contributed by atoms with van der Waals surface area (Å²) >= 11 is 1.80. The molecule has 10 aromatic rings. The summed E-state index contributed by atoms with van der Waals surface area (Å²) in [6.45, 7) is 4.62. The molecule has 0 atom stereocenters. The van der Waals surface area contributed by atoms with Crippen LogP contribution in [-0.4, -0.2) is 19.9 Å². The molecule has 0 aliphatic heterocycles. The molecule has 7 aromatic carbocycles. The van der Waals surface area contributed by atoms with Crippen molar-refractivity contribution in [3.05, 3.63) is 169 Å². The topological polar surface area (TPSA) is 51.6 Å². The van der Waals surface area contributed by atoms with E-state index in [9.17, 15) is 0 Å². The highest BCUT2D eigenvalue weighted by atomic mass is 32.1. The van der Waals surface area contributed by atoms with Crippen LogP contribution in [0.25, 0.3) is 98.4 Å². The fraction of sp³-hybridized carbons (Fsp3) is 0.0612. The van der Waals surface area contributed by atoms with Crippen molar-refractivity contribution >= 4 is 53.2 Å². The molecule has 54 heavy (non-hydrogen) atoms. The second kappa shape index (κ2) is 11.7. The van der Waals surface area contributed by atoms with Gasteiger partial charge >= 0.3 is 0 Å². The minimum absolute atomic E-state index is 0.0752. The highest BCUT2D eigenvalue weighted by Gasteiger charge is 2.35. The van der Waals surface area contributed by atoms with Crippen LogP contribution in [-0.2, 0) is 5.41 Å². The van der Waals surface area contributed by atoms with Gasteiger partial charge in [-0.3, -0.25) is 0 Å². The van der Waals surface area contributed by atoms with E-state index in [1.54, 1.807) is 11.3 Å². The van der Waals surface area contributed by atoms with Gasteiger partial charge in [-0.25, -0.2) is 19.9 Å². The van der Waals surface area contributed by atoms with E-state index in [0.29, 0.717) is 17.5 Å². The third kappa shape index (κ3) is 4.62. The summed E-state index contributed by atoms with van der Waals surface area (Å²) < 4.78 is 2.38. The van der Waals surface area contributed by atoms with Crippen molar-refractivity contribution in [2.45, 2.75) is 19.3 Å². The Labute approximate surface area is 316 Å². The lowest BCUT2D eigenvalue weighted by molar-refractivity contribution is 0.660. The molecule has 1 aliphatic carbocycles. The Morgan fingerprint density at radius 2 is 1.07 bits per heavy atom. The Morgan fingerprint density at radius 3 is 1.91 bits per heavy atom. The lowest BCUT2D eigenvalue weighted by Crippen LogP contribution is -2.14. The first-order valence-electron chi connectivity index (χ1n) is 18.3. The zero-order valence-electron chi connectivity index (χ0n) is 29.7. The van der Waals surface area contributed by atoms with Crippen LogP contribution in [0.3, 0.4) is 0 Å². The summed E-state index contributed by atoms with van der Waals surface area (Å²) in [5.74, 6) is 1.99. The van der Waals surface area contributed by atoms with E-state index in [4.69, 9.17) is 19.9 Å². The van der Waals surface area contributed by atoms with E-state index in [1.165, 1.54) is 43.1 Å². The van der Waals surface area contributed by atoms with Gasteiger partial charge in [-0.1, -0.05) is 147 Å². The van der Waals surface area contributed by atoms with Crippen LogP contribution in [0.5, 0.6) is 0 Å². The van der Waals surface area contributed by atoms with Gasteiger partial charge in [0.05, 0.1) is 11.2 Å². The van der Waals surface area contributed by atoms with E-state index in [2.05, 4.69) is 153 Å². The quantitative estimate of drug-likeness (QED) is 0.171. The smallest absolute Gasteiger partial charge is 0.165 e. The molecule has 5 heteroatoms. The summed E-state index contributed by atoms with van der Waals surface area (Å²) in [5, 5.41) is 5.95. The molecular weight excluding hydrogens is 677 g/mol. The van der Waals surface area contributed by atoms with Gasteiger partial charge in [-0.05, 0) is 46.5 Å². The number of aromatic nitrogens is 4. The summed E-state index contributed by atoms with van der Waals surface area (Å²) in [7, 11) is 0. The van der Waals surface area contributed by atoms with Crippen molar-refractivity contribution in [2.75, 3.05) is 0 Å². The molecule has 0 N–H and O–H groups in total. The van der Waals surface area contributed by atoms with Crippen LogP contribution in [0.15, 0.2) is 158 Å². The first kappa shape index (κ1) is 31.0. The maximum absolute atomic E-state index is 5.28. The zero-order valence-corrected chi connectivity index (χ0v) is 30.5. The number of thiophene rings is 1. The highest BCUT2D eigenvalue weighted by molar-refractivity contribution is 7.26. The van der Waals surface area contributed by atoms with Crippen LogP contribution in [0.1, 0.15) is 25.0 Å². The van der Waals surface area contributed by atoms with Crippen molar-refractivity contribution < 1.29 is 0 Å². The maximum atomic E-state index is 5.28. The molecule has 11 rings (SSSR count). The van der Waals surface area contributed by atoms with Crippen molar-refractivity contribution in [3.63, 3.8) is 0 Å². The molecule has 3 aromatic heterocycles. The summed E-state index contributed by atoms with van der Waals surface area (Å²) in [6, 6.07) is 55.8. The number of nitrogens with zero attached hydrogens (tertiary/aromatic N) is 4. The molecule has 0 saturated carbocycles. The van der Waals surface area contributed by atoms with Crippen LogP contribution in [0, 0.1) is 0 Å². The van der Waals surface area contributed by atoms with Gasteiger partial charge in [-0.15, -0.1) is 11.3 Å².